The van der Waals surface area contributed by atoms with Crippen molar-refractivity contribution in [2.75, 3.05) is 0 Å². The quantitative estimate of drug-likeness (QED) is 0.670. The first kappa shape index (κ1) is 12.6. The molecule has 0 saturated heterocycles. The van der Waals surface area contributed by atoms with Crippen LogP contribution in [0.2, 0.25) is 0 Å². The third-order valence-corrected chi connectivity index (χ3v) is 3.73. The van der Waals surface area contributed by atoms with Gasteiger partial charge in [0.2, 0.25) is 0 Å². The van der Waals surface area contributed by atoms with E-state index in [1.807, 2.05) is 0 Å². The first-order valence-electron chi connectivity index (χ1n) is 4.88. The van der Waals surface area contributed by atoms with Crippen molar-refractivity contribution in [1.82, 2.24) is 15.0 Å². The lowest BCUT2D eigenvalue weighted by atomic mass is 10.1. The summed E-state index contributed by atoms with van der Waals surface area (Å²) in [6, 6.07) is 4.85. The molecular formula is C10H10BrFN4S. The molecule has 0 aliphatic rings. The van der Waals surface area contributed by atoms with E-state index in [0.717, 1.165) is 10.4 Å². The van der Waals surface area contributed by atoms with E-state index < -0.39 is 0 Å². The highest BCUT2D eigenvalue weighted by Crippen LogP contribution is 2.23. The van der Waals surface area contributed by atoms with Gasteiger partial charge >= 0.3 is 0 Å². The first-order valence-corrected chi connectivity index (χ1v) is 6.44. The summed E-state index contributed by atoms with van der Waals surface area (Å²) < 4.78 is 17.3. The van der Waals surface area contributed by atoms with Crippen LogP contribution in [0, 0.1) is 5.82 Å². The zero-order valence-electron chi connectivity index (χ0n) is 8.73. The highest BCUT2D eigenvalue weighted by atomic mass is 79.9. The molecule has 0 fully saturated rings. The normalized spacial score (nSPS) is 12.6. The first-order chi connectivity index (χ1) is 8.20. The number of hydrogen-bond donors (Lipinski definition) is 2. The van der Waals surface area contributed by atoms with Crippen molar-refractivity contribution in [2.24, 2.45) is 5.84 Å². The lowest BCUT2D eigenvalue weighted by Crippen LogP contribution is -2.29. The summed E-state index contributed by atoms with van der Waals surface area (Å²) in [5, 5.41) is 3.77. The van der Waals surface area contributed by atoms with Crippen LogP contribution in [0.3, 0.4) is 0 Å². The number of benzene rings is 1. The summed E-state index contributed by atoms with van der Waals surface area (Å²) in [4.78, 5) is 0.952. The Bertz CT molecular complexity index is 491. The van der Waals surface area contributed by atoms with Crippen molar-refractivity contribution in [1.29, 1.82) is 0 Å². The molecule has 0 aliphatic carbocycles. The van der Waals surface area contributed by atoms with Crippen LogP contribution in [-0.4, -0.2) is 9.59 Å². The van der Waals surface area contributed by atoms with Crippen LogP contribution in [0.15, 0.2) is 28.9 Å². The minimum absolute atomic E-state index is 0.0626. The molecule has 2 rings (SSSR count). The number of nitrogens with zero attached hydrogens (tertiary/aromatic N) is 2. The number of nitrogens with two attached hydrogens (primary N) is 1. The molecule has 7 heteroatoms. The zero-order chi connectivity index (χ0) is 12.3. The van der Waals surface area contributed by atoms with Gasteiger partial charge in [-0.05, 0) is 51.6 Å². The Balaban J connectivity index is 2.16. The second-order valence-electron chi connectivity index (χ2n) is 3.49. The Labute approximate surface area is 110 Å². The fourth-order valence-corrected chi connectivity index (χ4v) is 2.46. The molecule has 0 radical (unpaired) electrons. The van der Waals surface area contributed by atoms with Crippen molar-refractivity contribution < 1.29 is 4.39 Å². The number of aromatic nitrogens is 2. The van der Waals surface area contributed by atoms with Gasteiger partial charge < -0.3 is 0 Å². The number of nitrogens with one attached hydrogen (secondary N) is 1. The van der Waals surface area contributed by atoms with Crippen molar-refractivity contribution >= 4 is 27.5 Å². The summed E-state index contributed by atoms with van der Waals surface area (Å²) in [5.74, 6) is 5.22. The molecule has 3 N–H and O–H groups in total. The fraction of sp³-hybridized carbons (Fsp3) is 0.200. The number of rotatable bonds is 4. The molecule has 0 amide bonds. The van der Waals surface area contributed by atoms with Crippen LogP contribution in [0.25, 0.3) is 0 Å². The predicted octanol–water partition coefficient (Wildman–Crippen LogP) is 2.19. The number of hydrazine groups is 1. The molecule has 1 atom stereocenters. The Morgan fingerprint density at radius 1 is 1.53 bits per heavy atom. The maximum Gasteiger partial charge on any atom is 0.137 e. The van der Waals surface area contributed by atoms with Crippen LogP contribution in [0.5, 0.6) is 0 Å². The number of halogens is 2. The van der Waals surface area contributed by atoms with E-state index in [4.69, 9.17) is 5.84 Å². The topological polar surface area (TPSA) is 63.8 Å². The molecular weight excluding hydrogens is 307 g/mol. The van der Waals surface area contributed by atoms with Gasteiger partial charge in [-0.2, -0.15) is 0 Å². The Morgan fingerprint density at radius 3 is 2.94 bits per heavy atom. The SMILES string of the molecule is NNC(Cc1ccc(F)c(Br)c1)c1cnns1. The molecule has 0 saturated carbocycles. The minimum atomic E-state index is -0.273. The standard InChI is InChI=1S/C10H10BrFN4S/c11-7-3-6(1-2-8(7)12)4-9(15-13)10-5-14-16-17-10/h1-3,5,9,15H,4,13H2. The van der Waals surface area contributed by atoms with Crippen LogP contribution < -0.4 is 11.3 Å². The summed E-state index contributed by atoms with van der Waals surface area (Å²) in [6.45, 7) is 0. The Morgan fingerprint density at radius 2 is 2.35 bits per heavy atom. The minimum Gasteiger partial charge on any atom is -0.271 e. The lowest BCUT2D eigenvalue weighted by Gasteiger charge is -2.13. The number of hydrogen-bond acceptors (Lipinski definition) is 5. The Kier molecular flexibility index (Phi) is 4.16. The van der Waals surface area contributed by atoms with E-state index in [1.54, 1.807) is 18.3 Å². The monoisotopic (exact) mass is 316 g/mol. The largest absolute Gasteiger partial charge is 0.271 e. The van der Waals surface area contributed by atoms with Crippen molar-refractivity contribution in [3.8, 4) is 0 Å². The molecule has 1 aromatic heterocycles. The highest BCUT2D eigenvalue weighted by Gasteiger charge is 2.13. The lowest BCUT2D eigenvalue weighted by molar-refractivity contribution is 0.558. The van der Waals surface area contributed by atoms with Gasteiger partial charge in [0.25, 0.3) is 0 Å². The summed E-state index contributed by atoms with van der Waals surface area (Å²) in [5.41, 5.74) is 3.69. The van der Waals surface area contributed by atoms with Gasteiger partial charge in [0, 0.05) is 0 Å². The maximum atomic E-state index is 13.1. The van der Waals surface area contributed by atoms with Crippen LogP contribution in [0.4, 0.5) is 4.39 Å². The van der Waals surface area contributed by atoms with Gasteiger partial charge in [-0.1, -0.05) is 10.6 Å². The van der Waals surface area contributed by atoms with Crippen molar-refractivity contribution in [2.45, 2.75) is 12.5 Å². The molecule has 90 valence electrons. The average Bonchev–Trinajstić information content (AvgIpc) is 2.84. The summed E-state index contributed by atoms with van der Waals surface area (Å²) >= 11 is 4.45. The average molecular weight is 317 g/mol. The van der Waals surface area contributed by atoms with E-state index in [2.05, 4.69) is 30.9 Å². The fourth-order valence-electron chi connectivity index (χ4n) is 1.47. The second kappa shape index (κ2) is 5.63. The van der Waals surface area contributed by atoms with E-state index in [9.17, 15) is 4.39 Å². The predicted molar refractivity (Wildman–Crippen MR) is 67.8 cm³/mol. The van der Waals surface area contributed by atoms with Gasteiger partial charge in [0.05, 0.1) is 21.6 Å². The molecule has 2 aromatic rings. The maximum absolute atomic E-state index is 13.1. The molecule has 0 aliphatic heterocycles. The molecule has 17 heavy (non-hydrogen) atoms. The van der Waals surface area contributed by atoms with E-state index in [-0.39, 0.29) is 11.9 Å². The van der Waals surface area contributed by atoms with E-state index in [0.29, 0.717) is 10.9 Å². The summed E-state index contributed by atoms with van der Waals surface area (Å²) in [7, 11) is 0. The molecule has 1 unspecified atom stereocenters. The van der Waals surface area contributed by atoms with Gasteiger partial charge in [-0.15, -0.1) is 5.10 Å². The van der Waals surface area contributed by atoms with Gasteiger partial charge in [0.1, 0.15) is 5.82 Å². The van der Waals surface area contributed by atoms with Crippen LogP contribution in [0.1, 0.15) is 16.5 Å². The highest BCUT2D eigenvalue weighted by molar-refractivity contribution is 9.10. The third-order valence-electron chi connectivity index (χ3n) is 2.35. The van der Waals surface area contributed by atoms with Gasteiger partial charge in [-0.25, -0.2) is 4.39 Å². The van der Waals surface area contributed by atoms with Crippen LogP contribution >= 0.6 is 27.5 Å². The van der Waals surface area contributed by atoms with E-state index >= 15 is 0 Å². The van der Waals surface area contributed by atoms with Gasteiger partial charge in [0.15, 0.2) is 0 Å². The van der Waals surface area contributed by atoms with Gasteiger partial charge in [-0.3, -0.25) is 11.3 Å². The third kappa shape index (κ3) is 3.06. The van der Waals surface area contributed by atoms with Crippen molar-refractivity contribution in [3.63, 3.8) is 0 Å². The molecule has 0 bridgehead atoms. The molecule has 1 heterocycles. The molecule has 1 aromatic carbocycles. The molecule has 0 spiro atoms. The van der Waals surface area contributed by atoms with E-state index in [1.165, 1.54) is 17.6 Å². The summed E-state index contributed by atoms with van der Waals surface area (Å²) in [6.07, 6.45) is 2.33. The van der Waals surface area contributed by atoms with Crippen LogP contribution in [-0.2, 0) is 6.42 Å². The second-order valence-corrected chi connectivity index (χ2v) is 5.16. The molecule has 4 nitrogen and oxygen atoms in total. The smallest absolute Gasteiger partial charge is 0.137 e. The van der Waals surface area contributed by atoms with Crippen molar-refractivity contribution in [3.05, 3.63) is 45.1 Å². The Hall–Kier alpha value is -0.890. The zero-order valence-corrected chi connectivity index (χ0v) is 11.1.